The van der Waals surface area contributed by atoms with Gasteiger partial charge in [0.25, 0.3) is 11.8 Å². The van der Waals surface area contributed by atoms with E-state index in [9.17, 15) is 14.4 Å². The molecule has 8 nitrogen and oxygen atoms in total. The molecule has 1 saturated heterocycles. The number of nitrogens with two attached hydrogens (primary N) is 1. The number of anilines is 1. The van der Waals surface area contributed by atoms with Gasteiger partial charge >= 0.3 is 6.03 Å². The molecule has 32 heavy (non-hydrogen) atoms. The SMILES string of the molecule is NCCNC(=O)C1N(C(=O)Nc2cccc(Br)c2)CCCN1C(=O)c1ccc(Cl)c(Cl)c1. The van der Waals surface area contributed by atoms with Gasteiger partial charge in [0.15, 0.2) is 6.17 Å². The number of hydrogen-bond acceptors (Lipinski definition) is 4. The van der Waals surface area contributed by atoms with Gasteiger partial charge in [-0.2, -0.15) is 0 Å². The van der Waals surface area contributed by atoms with Gasteiger partial charge in [-0.1, -0.05) is 45.2 Å². The topological polar surface area (TPSA) is 108 Å². The number of nitrogens with one attached hydrogen (secondary N) is 2. The molecule has 1 fully saturated rings. The molecular weight excluding hydrogens is 521 g/mol. The highest BCUT2D eigenvalue weighted by atomic mass is 79.9. The van der Waals surface area contributed by atoms with Gasteiger partial charge in [0.1, 0.15) is 0 Å². The second-order valence-electron chi connectivity index (χ2n) is 7.07. The van der Waals surface area contributed by atoms with Crippen molar-refractivity contribution >= 4 is 62.7 Å². The van der Waals surface area contributed by atoms with E-state index in [2.05, 4.69) is 26.6 Å². The lowest BCUT2D eigenvalue weighted by atomic mass is 10.1. The second-order valence-corrected chi connectivity index (χ2v) is 8.80. The predicted molar refractivity (Wildman–Crippen MR) is 128 cm³/mol. The Bertz CT molecular complexity index is 1020. The highest BCUT2D eigenvalue weighted by Crippen LogP contribution is 2.26. The number of urea groups is 1. The molecule has 1 unspecified atom stereocenters. The highest BCUT2D eigenvalue weighted by Gasteiger charge is 2.40. The second kappa shape index (κ2) is 11.0. The average Bonchev–Trinajstić information content (AvgIpc) is 2.78. The van der Waals surface area contributed by atoms with Crippen LogP contribution in [0.2, 0.25) is 10.0 Å². The van der Waals surface area contributed by atoms with Gasteiger partial charge in [-0.05, 0) is 42.8 Å². The Hall–Kier alpha value is -2.33. The summed E-state index contributed by atoms with van der Waals surface area (Å²) in [5.74, 6) is -0.927. The zero-order chi connectivity index (χ0) is 23.3. The molecule has 0 aliphatic carbocycles. The smallest absolute Gasteiger partial charge is 0.323 e. The number of benzene rings is 2. The first-order valence-corrected chi connectivity index (χ1v) is 11.4. The van der Waals surface area contributed by atoms with Gasteiger partial charge in [0.05, 0.1) is 10.0 Å². The van der Waals surface area contributed by atoms with Crippen molar-refractivity contribution in [2.45, 2.75) is 12.6 Å². The van der Waals surface area contributed by atoms with Crippen LogP contribution in [0, 0.1) is 0 Å². The molecule has 2 aromatic carbocycles. The van der Waals surface area contributed by atoms with E-state index >= 15 is 0 Å². The minimum Gasteiger partial charge on any atom is -0.351 e. The molecule has 1 atom stereocenters. The van der Waals surface area contributed by atoms with Gasteiger partial charge in [-0.15, -0.1) is 0 Å². The summed E-state index contributed by atoms with van der Waals surface area (Å²) < 4.78 is 0.794. The number of halogens is 3. The quantitative estimate of drug-likeness (QED) is 0.537. The third kappa shape index (κ3) is 5.72. The molecule has 0 radical (unpaired) electrons. The molecule has 2 aromatic rings. The molecular formula is C21H22BrCl2N5O3. The van der Waals surface area contributed by atoms with Gasteiger partial charge in [0, 0.05) is 41.9 Å². The first kappa shape index (κ1) is 24.3. The summed E-state index contributed by atoms with van der Waals surface area (Å²) in [6, 6.07) is 11.1. The van der Waals surface area contributed by atoms with E-state index in [4.69, 9.17) is 28.9 Å². The van der Waals surface area contributed by atoms with Gasteiger partial charge in [-0.25, -0.2) is 4.79 Å². The third-order valence-electron chi connectivity index (χ3n) is 4.83. The molecule has 0 bridgehead atoms. The maximum Gasteiger partial charge on any atom is 0.323 e. The molecule has 1 heterocycles. The number of nitrogens with zero attached hydrogens (tertiary/aromatic N) is 2. The van der Waals surface area contributed by atoms with Crippen LogP contribution in [0.4, 0.5) is 10.5 Å². The standard InChI is InChI=1S/C21H22BrCl2N5O3/c22-14-3-1-4-15(12-14)27-21(32)29-10-2-9-28(19(29)18(30)26-8-7-25)20(31)13-5-6-16(23)17(24)11-13/h1,3-6,11-12,19H,2,7-10,25H2,(H,26,30)(H,27,32). The van der Waals surface area contributed by atoms with E-state index in [0.717, 1.165) is 4.47 Å². The van der Waals surface area contributed by atoms with Crippen LogP contribution < -0.4 is 16.4 Å². The third-order valence-corrected chi connectivity index (χ3v) is 6.06. The summed E-state index contributed by atoms with van der Waals surface area (Å²) in [4.78, 5) is 42.1. The van der Waals surface area contributed by atoms with Crippen molar-refractivity contribution in [2.24, 2.45) is 5.73 Å². The lowest BCUT2D eigenvalue weighted by molar-refractivity contribution is -0.132. The Morgan fingerprint density at radius 1 is 1.06 bits per heavy atom. The van der Waals surface area contributed by atoms with Crippen LogP contribution in [0.1, 0.15) is 16.8 Å². The van der Waals surface area contributed by atoms with Gasteiger partial charge in [-0.3, -0.25) is 14.5 Å². The first-order valence-electron chi connectivity index (χ1n) is 9.89. The first-order chi connectivity index (χ1) is 15.3. The number of rotatable bonds is 5. The number of amides is 4. The molecule has 4 N–H and O–H groups in total. The van der Waals surface area contributed by atoms with Crippen molar-refractivity contribution in [2.75, 3.05) is 31.5 Å². The Morgan fingerprint density at radius 2 is 1.81 bits per heavy atom. The normalized spacial score (nSPS) is 15.9. The van der Waals surface area contributed by atoms with Crippen LogP contribution in [0.15, 0.2) is 46.9 Å². The fraction of sp³-hybridized carbons (Fsp3) is 0.286. The summed E-state index contributed by atoms with van der Waals surface area (Å²) in [6.07, 6.45) is -0.649. The molecule has 1 aliphatic rings. The van der Waals surface area contributed by atoms with Crippen LogP contribution in [-0.4, -0.2) is 60.0 Å². The van der Waals surface area contributed by atoms with Crippen molar-refractivity contribution in [3.8, 4) is 0 Å². The molecule has 0 spiro atoms. The average molecular weight is 543 g/mol. The summed E-state index contributed by atoms with van der Waals surface area (Å²) >= 11 is 15.4. The molecule has 4 amide bonds. The Morgan fingerprint density at radius 3 is 2.50 bits per heavy atom. The zero-order valence-corrected chi connectivity index (χ0v) is 20.1. The zero-order valence-electron chi connectivity index (χ0n) is 17.0. The van der Waals surface area contributed by atoms with E-state index in [1.807, 2.05) is 6.07 Å². The summed E-state index contributed by atoms with van der Waals surface area (Å²) in [6.45, 7) is 1.03. The summed E-state index contributed by atoms with van der Waals surface area (Å²) in [7, 11) is 0. The van der Waals surface area contributed by atoms with E-state index in [-0.39, 0.29) is 23.7 Å². The summed E-state index contributed by atoms with van der Waals surface area (Å²) in [5.41, 5.74) is 6.34. The van der Waals surface area contributed by atoms with Crippen molar-refractivity contribution < 1.29 is 14.4 Å². The van der Waals surface area contributed by atoms with Gasteiger partial charge < -0.3 is 21.3 Å². The lowest BCUT2D eigenvalue weighted by Crippen LogP contribution is -2.64. The number of carbonyl (C=O) groups is 3. The monoisotopic (exact) mass is 541 g/mol. The highest BCUT2D eigenvalue weighted by molar-refractivity contribution is 9.10. The number of carbonyl (C=O) groups excluding carboxylic acids is 3. The van der Waals surface area contributed by atoms with Crippen molar-refractivity contribution in [1.29, 1.82) is 0 Å². The Balaban J connectivity index is 1.89. The Kier molecular flexibility index (Phi) is 8.36. The molecule has 1 aliphatic heterocycles. The Labute approximate surface area is 204 Å². The molecule has 0 saturated carbocycles. The maximum absolute atomic E-state index is 13.3. The van der Waals surface area contributed by atoms with E-state index in [0.29, 0.717) is 30.2 Å². The minimum atomic E-state index is -1.15. The van der Waals surface area contributed by atoms with Crippen molar-refractivity contribution in [1.82, 2.24) is 15.1 Å². The van der Waals surface area contributed by atoms with E-state index in [1.54, 1.807) is 18.2 Å². The lowest BCUT2D eigenvalue weighted by Gasteiger charge is -2.42. The maximum atomic E-state index is 13.3. The fourth-order valence-electron chi connectivity index (χ4n) is 3.38. The fourth-order valence-corrected chi connectivity index (χ4v) is 4.07. The minimum absolute atomic E-state index is 0.214. The molecule has 11 heteroatoms. The van der Waals surface area contributed by atoms with Crippen LogP contribution in [-0.2, 0) is 4.79 Å². The summed E-state index contributed by atoms with van der Waals surface area (Å²) in [5, 5.41) is 6.01. The van der Waals surface area contributed by atoms with Crippen LogP contribution in [0.25, 0.3) is 0 Å². The molecule has 170 valence electrons. The predicted octanol–water partition coefficient (Wildman–Crippen LogP) is 3.54. The molecule has 0 aromatic heterocycles. The van der Waals surface area contributed by atoms with Crippen LogP contribution in [0.3, 0.4) is 0 Å². The van der Waals surface area contributed by atoms with Gasteiger partial charge in [0.2, 0.25) is 0 Å². The van der Waals surface area contributed by atoms with E-state index in [1.165, 1.54) is 28.0 Å². The van der Waals surface area contributed by atoms with Crippen LogP contribution >= 0.6 is 39.1 Å². The van der Waals surface area contributed by atoms with Crippen LogP contribution in [0.5, 0.6) is 0 Å². The van der Waals surface area contributed by atoms with E-state index < -0.39 is 24.0 Å². The largest absolute Gasteiger partial charge is 0.351 e. The molecule has 3 rings (SSSR count). The number of hydrogen-bond donors (Lipinski definition) is 3. The van der Waals surface area contributed by atoms with Crippen molar-refractivity contribution in [3.63, 3.8) is 0 Å². The van der Waals surface area contributed by atoms with Crippen molar-refractivity contribution in [3.05, 3.63) is 62.5 Å².